The molecule has 2 nitrogen and oxygen atoms in total. The van der Waals surface area contributed by atoms with E-state index in [1.807, 2.05) is 12.1 Å². The molecule has 0 atom stereocenters. The quantitative estimate of drug-likeness (QED) is 0.416. The fourth-order valence-electron chi connectivity index (χ4n) is 5.22. The van der Waals surface area contributed by atoms with Crippen LogP contribution in [0.4, 0.5) is 13.2 Å². The Balaban J connectivity index is 1.22. The van der Waals surface area contributed by atoms with Crippen molar-refractivity contribution in [1.82, 2.24) is 0 Å². The first-order valence-electron chi connectivity index (χ1n) is 12.0. The van der Waals surface area contributed by atoms with Gasteiger partial charge in [0.25, 0.3) is 0 Å². The Hall–Kier alpha value is -1.85. The maximum absolute atomic E-state index is 13.5. The maximum Gasteiger partial charge on any atom is 0.194 e. The minimum atomic E-state index is -1.44. The van der Waals surface area contributed by atoms with Crippen molar-refractivity contribution in [1.29, 1.82) is 0 Å². The highest BCUT2D eigenvalue weighted by molar-refractivity contribution is 5.63. The minimum Gasteiger partial charge on any atom is -0.352 e. The Labute approximate surface area is 189 Å². The first-order valence-corrected chi connectivity index (χ1v) is 12.0. The van der Waals surface area contributed by atoms with Gasteiger partial charge in [-0.25, -0.2) is 13.2 Å². The number of halogens is 3. The van der Waals surface area contributed by atoms with Crippen LogP contribution in [0.5, 0.6) is 0 Å². The van der Waals surface area contributed by atoms with Crippen molar-refractivity contribution < 1.29 is 22.6 Å². The van der Waals surface area contributed by atoms with Crippen molar-refractivity contribution in [2.45, 2.75) is 64.6 Å². The van der Waals surface area contributed by atoms with Gasteiger partial charge in [-0.15, -0.1) is 0 Å². The summed E-state index contributed by atoms with van der Waals surface area (Å²) in [6, 6.07) is 9.49. The Morgan fingerprint density at radius 2 is 1.41 bits per heavy atom. The molecule has 0 spiro atoms. The third-order valence-electron chi connectivity index (χ3n) is 7.19. The molecule has 1 saturated heterocycles. The smallest absolute Gasteiger partial charge is 0.194 e. The molecule has 0 N–H and O–H groups in total. The lowest BCUT2D eigenvalue weighted by atomic mass is 9.75. The summed E-state index contributed by atoms with van der Waals surface area (Å²) in [4.78, 5) is 0. The summed E-state index contributed by atoms with van der Waals surface area (Å²) in [5.74, 6) is -1.63. The number of hydrogen-bond acceptors (Lipinski definition) is 2. The van der Waals surface area contributed by atoms with Crippen LogP contribution in [0.1, 0.15) is 57.4 Å². The zero-order valence-electron chi connectivity index (χ0n) is 18.8. The van der Waals surface area contributed by atoms with E-state index in [1.54, 1.807) is 12.1 Å². The summed E-state index contributed by atoms with van der Waals surface area (Å²) in [5, 5.41) is 0. The summed E-state index contributed by atoms with van der Waals surface area (Å²) in [5.41, 5.74) is 2.07. The van der Waals surface area contributed by atoms with Crippen molar-refractivity contribution in [2.75, 3.05) is 13.2 Å². The van der Waals surface area contributed by atoms with Crippen molar-refractivity contribution in [3.05, 3.63) is 59.4 Å². The van der Waals surface area contributed by atoms with Gasteiger partial charge in [-0.05, 0) is 59.9 Å². The molecule has 0 aromatic heterocycles. The summed E-state index contributed by atoms with van der Waals surface area (Å²) in [7, 11) is 0. The summed E-state index contributed by atoms with van der Waals surface area (Å²) in [6.07, 6.45) is 9.37. The van der Waals surface area contributed by atoms with Crippen LogP contribution in [-0.2, 0) is 15.9 Å². The summed E-state index contributed by atoms with van der Waals surface area (Å²) in [6.45, 7) is 3.85. The van der Waals surface area contributed by atoms with Crippen molar-refractivity contribution in [3.8, 4) is 11.1 Å². The molecule has 5 heteroatoms. The largest absolute Gasteiger partial charge is 0.352 e. The molecular formula is C27H33F3O2. The molecule has 1 heterocycles. The second-order valence-electron chi connectivity index (χ2n) is 9.42. The second kappa shape index (κ2) is 10.8. The van der Waals surface area contributed by atoms with E-state index >= 15 is 0 Å². The van der Waals surface area contributed by atoms with Crippen LogP contribution in [-0.4, -0.2) is 19.5 Å². The Morgan fingerprint density at radius 3 is 2.00 bits per heavy atom. The van der Waals surface area contributed by atoms with E-state index in [1.165, 1.54) is 38.5 Å². The van der Waals surface area contributed by atoms with Gasteiger partial charge in [0.05, 0.1) is 13.2 Å². The number of aryl methyl sites for hydroxylation is 1. The van der Waals surface area contributed by atoms with Gasteiger partial charge in [-0.1, -0.05) is 56.9 Å². The topological polar surface area (TPSA) is 18.5 Å². The van der Waals surface area contributed by atoms with Gasteiger partial charge in [0.2, 0.25) is 0 Å². The van der Waals surface area contributed by atoms with Crippen LogP contribution in [0.3, 0.4) is 0 Å². The maximum atomic E-state index is 13.5. The SMILES string of the molecule is CCCC1CCC(C2COC(CCc3ccc(-c4cc(F)c(F)c(F)c4)cc3)OC2)CC1. The van der Waals surface area contributed by atoms with Gasteiger partial charge >= 0.3 is 0 Å². The molecule has 2 aliphatic rings. The highest BCUT2D eigenvalue weighted by Gasteiger charge is 2.31. The number of benzene rings is 2. The van der Waals surface area contributed by atoms with E-state index in [9.17, 15) is 13.2 Å². The molecule has 1 aliphatic carbocycles. The van der Waals surface area contributed by atoms with E-state index < -0.39 is 17.5 Å². The highest BCUT2D eigenvalue weighted by Crippen LogP contribution is 2.37. The molecular weight excluding hydrogens is 413 g/mol. The lowest BCUT2D eigenvalue weighted by Crippen LogP contribution is -2.37. The molecule has 2 aromatic rings. The molecule has 2 fully saturated rings. The lowest BCUT2D eigenvalue weighted by molar-refractivity contribution is -0.212. The van der Waals surface area contributed by atoms with Crippen LogP contribution in [0.2, 0.25) is 0 Å². The Morgan fingerprint density at radius 1 is 0.781 bits per heavy atom. The lowest BCUT2D eigenvalue weighted by Gasteiger charge is -2.37. The first-order chi connectivity index (χ1) is 15.5. The van der Waals surface area contributed by atoms with Crippen LogP contribution >= 0.6 is 0 Å². The van der Waals surface area contributed by atoms with Gasteiger partial charge in [-0.2, -0.15) is 0 Å². The fourth-order valence-corrected chi connectivity index (χ4v) is 5.22. The predicted molar refractivity (Wildman–Crippen MR) is 120 cm³/mol. The summed E-state index contributed by atoms with van der Waals surface area (Å²) >= 11 is 0. The number of rotatable bonds is 7. The third-order valence-corrected chi connectivity index (χ3v) is 7.19. The molecule has 2 aromatic carbocycles. The predicted octanol–water partition coefficient (Wildman–Crippen LogP) is 7.30. The second-order valence-corrected chi connectivity index (χ2v) is 9.42. The standard InChI is InChI=1S/C27H33F3O2/c1-2-3-18-4-11-21(12-5-18)23-16-31-26(32-17-23)13-8-19-6-9-20(10-7-19)22-14-24(28)27(30)25(29)15-22/h6-7,9-10,14-15,18,21,23,26H,2-5,8,11-13,16-17H2,1H3. The van der Waals surface area contributed by atoms with E-state index in [2.05, 4.69) is 6.92 Å². The zero-order valence-corrected chi connectivity index (χ0v) is 18.8. The molecule has 0 amide bonds. The third kappa shape index (κ3) is 5.74. The zero-order chi connectivity index (χ0) is 22.5. The molecule has 4 rings (SSSR count). The highest BCUT2D eigenvalue weighted by atomic mass is 19.2. The summed E-state index contributed by atoms with van der Waals surface area (Å²) < 4.78 is 52.2. The van der Waals surface area contributed by atoms with Gasteiger partial charge in [0.15, 0.2) is 23.7 Å². The molecule has 0 radical (unpaired) electrons. The normalized spacial score (nSPS) is 26.2. The van der Waals surface area contributed by atoms with Crippen molar-refractivity contribution >= 4 is 0 Å². The average Bonchev–Trinajstić information content (AvgIpc) is 2.82. The Bertz CT molecular complexity index is 844. The number of ether oxygens (including phenoxy) is 2. The van der Waals surface area contributed by atoms with Crippen LogP contribution in [0.15, 0.2) is 36.4 Å². The molecule has 0 unspecified atom stereocenters. The van der Waals surface area contributed by atoms with Crippen LogP contribution in [0, 0.1) is 35.2 Å². The first kappa shape index (κ1) is 23.3. The molecule has 1 aliphatic heterocycles. The van der Waals surface area contributed by atoms with Gasteiger partial charge in [0.1, 0.15) is 0 Å². The monoisotopic (exact) mass is 446 g/mol. The van der Waals surface area contributed by atoms with E-state index in [4.69, 9.17) is 9.47 Å². The average molecular weight is 447 g/mol. The van der Waals surface area contributed by atoms with Crippen LogP contribution in [0.25, 0.3) is 11.1 Å². The van der Waals surface area contributed by atoms with Crippen molar-refractivity contribution in [3.63, 3.8) is 0 Å². The molecule has 32 heavy (non-hydrogen) atoms. The van der Waals surface area contributed by atoms with Gasteiger partial charge in [0, 0.05) is 12.3 Å². The minimum absolute atomic E-state index is 0.178. The van der Waals surface area contributed by atoms with Crippen molar-refractivity contribution in [2.24, 2.45) is 17.8 Å². The van der Waals surface area contributed by atoms with Gasteiger partial charge in [-0.3, -0.25) is 0 Å². The molecule has 0 bridgehead atoms. The van der Waals surface area contributed by atoms with E-state index in [0.29, 0.717) is 17.0 Å². The van der Waals surface area contributed by atoms with Crippen LogP contribution < -0.4 is 0 Å². The molecule has 1 saturated carbocycles. The van der Waals surface area contributed by atoms with E-state index in [-0.39, 0.29) is 6.29 Å². The number of hydrogen-bond donors (Lipinski definition) is 0. The van der Waals surface area contributed by atoms with Gasteiger partial charge < -0.3 is 9.47 Å². The Kier molecular flexibility index (Phi) is 7.90. The fraction of sp³-hybridized carbons (Fsp3) is 0.556. The van der Waals surface area contributed by atoms with E-state index in [0.717, 1.165) is 55.6 Å². The molecule has 174 valence electrons.